The topological polar surface area (TPSA) is 47.5 Å². The average molecular weight is 378 g/mol. The second-order valence-electron chi connectivity index (χ2n) is 8.03. The number of benzene rings is 2. The molecule has 0 aromatic heterocycles. The number of hydrogen-bond acceptors (Lipinski definition) is 4. The maximum absolute atomic E-state index is 10.2. The van der Waals surface area contributed by atoms with Crippen molar-refractivity contribution < 1.29 is 5.11 Å². The molecule has 1 atom stereocenters. The molecule has 2 aromatic rings. The Labute approximate surface area is 168 Å². The SMILES string of the molecule is Cc1ccc(CNC(O)Nc2ccc(CC(=C3CC3)N3CCCC3)cc2)cc1. The Bertz CT molecular complexity index is 799. The van der Waals surface area contributed by atoms with Gasteiger partial charge in [0, 0.05) is 37.4 Å². The third kappa shape index (κ3) is 5.15. The van der Waals surface area contributed by atoms with Gasteiger partial charge in [0.15, 0.2) is 6.35 Å². The summed E-state index contributed by atoms with van der Waals surface area (Å²) in [6.45, 7) is 5.14. The Morgan fingerprint density at radius 3 is 2.25 bits per heavy atom. The molecule has 0 radical (unpaired) electrons. The normalized spacial score (nSPS) is 16.9. The summed E-state index contributed by atoms with van der Waals surface area (Å²) in [6, 6.07) is 16.8. The third-order valence-corrected chi connectivity index (χ3v) is 5.64. The van der Waals surface area contributed by atoms with Crippen LogP contribution in [0.2, 0.25) is 0 Å². The second kappa shape index (κ2) is 8.80. The Morgan fingerprint density at radius 2 is 1.61 bits per heavy atom. The fraction of sp³-hybridized carbons (Fsp3) is 0.417. The molecule has 0 bridgehead atoms. The van der Waals surface area contributed by atoms with Crippen LogP contribution in [0.5, 0.6) is 0 Å². The summed E-state index contributed by atoms with van der Waals surface area (Å²) in [5.74, 6) is 0. The predicted octanol–water partition coefficient (Wildman–Crippen LogP) is 4.16. The highest BCUT2D eigenvalue weighted by atomic mass is 16.3. The lowest BCUT2D eigenvalue weighted by Gasteiger charge is -2.22. The van der Waals surface area contributed by atoms with Crippen molar-refractivity contribution in [1.82, 2.24) is 10.2 Å². The Kier molecular flexibility index (Phi) is 5.98. The van der Waals surface area contributed by atoms with Gasteiger partial charge in [-0.15, -0.1) is 0 Å². The van der Waals surface area contributed by atoms with Gasteiger partial charge in [-0.25, -0.2) is 0 Å². The highest BCUT2D eigenvalue weighted by molar-refractivity contribution is 5.46. The van der Waals surface area contributed by atoms with Crippen LogP contribution >= 0.6 is 0 Å². The summed E-state index contributed by atoms with van der Waals surface area (Å²) in [4.78, 5) is 2.59. The van der Waals surface area contributed by atoms with E-state index in [2.05, 4.69) is 71.0 Å². The summed E-state index contributed by atoms with van der Waals surface area (Å²) >= 11 is 0. The molecule has 1 unspecified atom stereocenters. The minimum atomic E-state index is -0.777. The van der Waals surface area contributed by atoms with E-state index in [1.54, 1.807) is 11.3 Å². The van der Waals surface area contributed by atoms with E-state index in [9.17, 15) is 5.11 Å². The van der Waals surface area contributed by atoms with E-state index >= 15 is 0 Å². The van der Waals surface area contributed by atoms with Gasteiger partial charge in [-0.05, 0) is 55.9 Å². The zero-order valence-electron chi connectivity index (χ0n) is 16.7. The van der Waals surface area contributed by atoms with E-state index in [0.717, 1.165) is 17.7 Å². The third-order valence-electron chi connectivity index (χ3n) is 5.64. The van der Waals surface area contributed by atoms with E-state index in [0.29, 0.717) is 6.54 Å². The molecule has 4 rings (SSSR count). The van der Waals surface area contributed by atoms with Crippen molar-refractivity contribution in [3.63, 3.8) is 0 Å². The van der Waals surface area contributed by atoms with Gasteiger partial charge >= 0.3 is 0 Å². The van der Waals surface area contributed by atoms with Gasteiger partial charge in [-0.2, -0.15) is 0 Å². The van der Waals surface area contributed by atoms with E-state index < -0.39 is 6.35 Å². The van der Waals surface area contributed by atoms with E-state index in [4.69, 9.17) is 0 Å². The number of likely N-dealkylation sites (tertiary alicyclic amines) is 1. The van der Waals surface area contributed by atoms with Crippen LogP contribution in [-0.2, 0) is 13.0 Å². The number of aryl methyl sites for hydroxylation is 1. The largest absolute Gasteiger partial charge is 0.375 e. The van der Waals surface area contributed by atoms with Crippen LogP contribution in [0.25, 0.3) is 0 Å². The van der Waals surface area contributed by atoms with Crippen LogP contribution in [0.3, 0.4) is 0 Å². The fourth-order valence-corrected chi connectivity index (χ4v) is 3.84. The van der Waals surface area contributed by atoms with Gasteiger partial charge in [0.1, 0.15) is 0 Å². The zero-order valence-corrected chi connectivity index (χ0v) is 16.7. The number of rotatable bonds is 8. The van der Waals surface area contributed by atoms with Gasteiger partial charge in [0.25, 0.3) is 0 Å². The molecule has 4 nitrogen and oxygen atoms in total. The number of allylic oxidation sites excluding steroid dienone is 2. The molecule has 1 aliphatic carbocycles. The van der Waals surface area contributed by atoms with Crippen molar-refractivity contribution in [2.24, 2.45) is 0 Å². The lowest BCUT2D eigenvalue weighted by molar-refractivity contribution is 0.163. The minimum Gasteiger partial charge on any atom is -0.375 e. The number of nitrogens with one attached hydrogen (secondary N) is 2. The molecule has 0 amide bonds. The number of aliphatic hydroxyl groups excluding tert-OH is 1. The quantitative estimate of drug-likeness (QED) is 0.605. The first-order valence-corrected chi connectivity index (χ1v) is 10.5. The molecule has 2 fully saturated rings. The van der Waals surface area contributed by atoms with Gasteiger partial charge in [-0.1, -0.05) is 47.5 Å². The lowest BCUT2D eigenvalue weighted by atomic mass is 10.1. The first-order chi connectivity index (χ1) is 13.7. The summed E-state index contributed by atoms with van der Waals surface area (Å²) < 4.78 is 0. The van der Waals surface area contributed by atoms with Crippen molar-refractivity contribution in [2.75, 3.05) is 18.4 Å². The molecule has 0 spiro atoms. The molecule has 3 N–H and O–H groups in total. The van der Waals surface area contributed by atoms with Crippen molar-refractivity contribution in [1.29, 1.82) is 0 Å². The van der Waals surface area contributed by atoms with Crippen LogP contribution in [0.1, 0.15) is 42.4 Å². The van der Waals surface area contributed by atoms with Gasteiger partial charge < -0.3 is 15.3 Å². The minimum absolute atomic E-state index is 0.624. The Hall–Kier alpha value is -2.30. The molecule has 1 aliphatic heterocycles. The zero-order chi connectivity index (χ0) is 19.3. The lowest BCUT2D eigenvalue weighted by Crippen LogP contribution is -2.35. The molecule has 1 saturated heterocycles. The standard InChI is InChI=1S/C24H31N3O/c1-18-4-6-20(7-5-18)17-25-24(28)26-22-12-8-19(9-13-22)16-23(21-10-11-21)27-14-2-3-15-27/h4-9,12-13,24-26,28H,2-3,10-11,14-17H2,1H3. The molecule has 1 heterocycles. The summed E-state index contributed by atoms with van der Waals surface area (Å²) in [5, 5.41) is 16.4. The molecule has 28 heavy (non-hydrogen) atoms. The van der Waals surface area contributed by atoms with Crippen molar-refractivity contribution >= 4 is 5.69 Å². The highest BCUT2D eigenvalue weighted by Gasteiger charge is 2.24. The first-order valence-electron chi connectivity index (χ1n) is 10.5. The molecule has 1 saturated carbocycles. The van der Waals surface area contributed by atoms with Crippen LogP contribution in [-0.4, -0.2) is 29.4 Å². The predicted molar refractivity (Wildman–Crippen MR) is 115 cm³/mol. The molecular formula is C24H31N3O. The average Bonchev–Trinajstić information content (AvgIpc) is 3.40. The van der Waals surface area contributed by atoms with E-state index in [-0.39, 0.29) is 0 Å². The molecule has 2 aromatic carbocycles. The van der Waals surface area contributed by atoms with Crippen molar-refractivity contribution in [3.8, 4) is 0 Å². The number of anilines is 1. The first kappa shape index (κ1) is 19.0. The summed E-state index contributed by atoms with van der Waals surface area (Å²) in [5.41, 5.74) is 7.89. The summed E-state index contributed by atoms with van der Waals surface area (Å²) in [7, 11) is 0. The highest BCUT2D eigenvalue weighted by Crippen LogP contribution is 2.36. The Morgan fingerprint density at radius 1 is 0.964 bits per heavy atom. The van der Waals surface area contributed by atoms with Crippen molar-refractivity contribution in [3.05, 3.63) is 76.5 Å². The summed E-state index contributed by atoms with van der Waals surface area (Å²) in [6.07, 6.45) is 5.47. The van der Waals surface area contributed by atoms with Crippen LogP contribution in [0.15, 0.2) is 59.8 Å². The van der Waals surface area contributed by atoms with Gasteiger partial charge in [0.2, 0.25) is 0 Å². The number of aliphatic hydroxyl groups is 1. The maximum atomic E-state index is 10.2. The van der Waals surface area contributed by atoms with E-state index in [1.807, 2.05) is 0 Å². The molecular weight excluding hydrogens is 346 g/mol. The van der Waals surface area contributed by atoms with Gasteiger partial charge in [0.05, 0.1) is 0 Å². The molecule has 4 heteroatoms. The maximum Gasteiger partial charge on any atom is 0.181 e. The smallest absolute Gasteiger partial charge is 0.181 e. The molecule has 148 valence electrons. The second-order valence-corrected chi connectivity index (χ2v) is 8.03. The van der Waals surface area contributed by atoms with Crippen LogP contribution in [0, 0.1) is 6.92 Å². The fourth-order valence-electron chi connectivity index (χ4n) is 3.84. The molecule has 2 aliphatic rings. The van der Waals surface area contributed by atoms with E-state index in [1.165, 1.54) is 49.9 Å². The monoisotopic (exact) mass is 377 g/mol. The van der Waals surface area contributed by atoms with Gasteiger partial charge in [-0.3, -0.25) is 5.32 Å². The van der Waals surface area contributed by atoms with Crippen LogP contribution < -0.4 is 10.6 Å². The Balaban J connectivity index is 1.29. The van der Waals surface area contributed by atoms with Crippen LogP contribution in [0.4, 0.5) is 5.69 Å². The van der Waals surface area contributed by atoms with Crippen molar-refractivity contribution in [2.45, 2.75) is 51.9 Å². The number of hydrogen-bond donors (Lipinski definition) is 3. The number of nitrogens with zero attached hydrogens (tertiary/aromatic N) is 1.